The fourth-order valence-electron chi connectivity index (χ4n) is 3.90. The van der Waals surface area contributed by atoms with Crippen LogP contribution in [-0.2, 0) is 16.1 Å². The zero-order valence-electron chi connectivity index (χ0n) is 17.5. The van der Waals surface area contributed by atoms with Gasteiger partial charge in [0.2, 0.25) is 5.91 Å². The number of aryl methyl sites for hydroxylation is 1. The summed E-state index contributed by atoms with van der Waals surface area (Å²) in [5.74, 6) is 1.59. The average molecular weight is 394 g/mol. The second-order valence-electron chi connectivity index (χ2n) is 8.43. The Morgan fingerprint density at radius 1 is 1.21 bits per heavy atom. The standard InChI is InChI=1S/C20H35N5O3/c1-16(2)12-25-8-9-27-19(14-25)11-21-20(26)15-24-6-4-23(5-7-24)13-18-10-17(3)28-22-18/h10,16,19H,4-9,11-15H2,1-3H3,(H,21,26). The molecule has 1 unspecified atom stereocenters. The highest BCUT2D eigenvalue weighted by atomic mass is 16.5. The van der Waals surface area contributed by atoms with Crippen molar-refractivity contribution in [3.05, 3.63) is 17.5 Å². The van der Waals surface area contributed by atoms with E-state index in [1.54, 1.807) is 0 Å². The Morgan fingerprint density at radius 3 is 2.64 bits per heavy atom. The predicted molar refractivity (Wildman–Crippen MR) is 107 cm³/mol. The number of nitrogens with one attached hydrogen (secondary N) is 1. The monoisotopic (exact) mass is 393 g/mol. The van der Waals surface area contributed by atoms with Crippen molar-refractivity contribution < 1.29 is 14.1 Å². The van der Waals surface area contributed by atoms with Crippen LogP contribution in [0.1, 0.15) is 25.3 Å². The van der Waals surface area contributed by atoms with Crippen LogP contribution in [0.25, 0.3) is 0 Å². The maximum absolute atomic E-state index is 12.3. The van der Waals surface area contributed by atoms with Gasteiger partial charge in [-0.3, -0.25) is 19.5 Å². The summed E-state index contributed by atoms with van der Waals surface area (Å²) in [6, 6.07) is 1.98. The summed E-state index contributed by atoms with van der Waals surface area (Å²) in [7, 11) is 0. The number of morpholine rings is 1. The van der Waals surface area contributed by atoms with Crippen LogP contribution in [0.4, 0.5) is 0 Å². The molecule has 8 heteroatoms. The van der Waals surface area contributed by atoms with Crippen LogP contribution >= 0.6 is 0 Å². The molecule has 0 aliphatic carbocycles. The minimum Gasteiger partial charge on any atom is -0.374 e. The molecule has 1 amide bonds. The number of piperazine rings is 1. The molecule has 2 fully saturated rings. The number of carbonyl (C=O) groups is 1. The zero-order chi connectivity index (χ0) is 19.9. The minimum atomic E-state index is 0.0881. The highest BCUT2D eigenvalue weighted by Crippen LogP contribution is 2.09. The van der Waals surface area contributed by atoms with Crippen LogP contribution in [0.3, 0.4) is 0 Å². The van der Waals surface area contributed by atoms with Crippen LogP contribution in [0.5, 0.6) is 0 Å². The molecule has 3 heterocycles. The van der Waals surface area contributed by atoms with E-state index in [9.17, 15) is 4.79 Å². The fourth-order valence-corrected chi connectivity index (χ4v) is 3.90. The van der Waals surface area contributed by atoms with Gasteiger partial charge in [-0.2, -0.15) is 0 Å². The number of nitrogens with zero attached hydrogens (tertiary/aromatic N) is 4. The molecule has 1 N–H and O–H groups in total. The number of hydrogen-bond donors (Lipinski definition) is 1. The van der Waals surface area contributed by atoms with E-state index in [1.807, 2.05) is 13.0 Å². The molecule has 0 spiro atoms. The summed E-state index contributed by atoms with van der Waals surface area (Å²) in [6.45, 7) is 15.6. The first-order valence-electron chi connectivity index (χ1n) is 10.5. The Morgan fingerprint density at radius 2 is 1.96 bits per heavy atom. The van der Waals surface area contributed by atoms with E-state index in [4.69, 9.17) is 9.26 Å². The minimum absolute atomic E-state index is 0.0881. The maximum atomic E-state index is 12.3. The fraction of sp³-hybridized carbons (Fsp3) is 0.800. The SMILES string of the molecule is Cc1cc(CN2CCN(CC(=O)NCC3CN(CC(C)C)CCO3)CC2)no1. The van der Waals surface area contributed by atoms with Crippen molar-refractivity contribution >= 4 is 5.91 Å². The Kier molecular flexibility index (Phi) is 7.84. The van der Waals surface area contributed by atoms with Gasteiger partial charge in [-0.25, -0.2) is 0 Å². The van der Waals surface area contributed by atoms with Crippen LogP contribution in [0.2, 0.25) is 0 Å². The van der Waals surface area contributed by atoms with Gasteiger partial charge >= 0.3 is 0 Å². The van der Waals surface area contributed by atoms with Crippen LogP contribution < -0.4 is 5.32 Å². The van der Waals surface area contributed by atoms with Gasteiger partial charge < -0.3 is 14.6 Å². The number of amides is 1. The van der Waals surface area contributed by atoms with Crippen molar-refractivity contribution in [3.8, 4) is 0 Å². The molecule has 8 nitrogen and oxygen atoms in total. The number of ether oxygens (including phenoxy) is 1. The van der Waals surface area contributed by atoms with Gasteiger partial charge in [0, 0.05) is 65.0 Å². The lowest BCUT2D eigenvalue weighted by Crippen LogP contribution is -2.51. The van der Waals surface area contributed by atoms with Crippen LogP contribution in [0.15, 0.2) is 10.6 Å². The van der Waals surface area contributed by atoms with Gasteiger partial charge in [0.05, 0.1) is 24.9 Å². The molecule has 2 aliphatic heterocycles. The van der Waals surface area contributed by atoms with Crippen LogP contribution in [0, 0.1) is 12.8 Å². The largest absolute Gasteiger partial charge is 0.374 e. The van der Waals surface area contributed by atoms with E-state index in [-0.39, 0.29) is 12.0 Å². The summed E-state index contributed by atoms with van der Waals surface area (Å²) in [4.78, 5) is 19.3. The smallest absolute Gasteiger partial charge is 0.234 e. The van der Waals surface area contributed by atoms with E-state index in [2.05, 4.69) is 39.0 Å². The van der Waals surface area contributed by atoms with E-state index in [0.29, 0.717) is 19.0 Å². The van der Waals surface area contributed by atoms with Gasteiger partial charge in [0.15, 0.2) is 0 Å². The van der Waals surface area contributed by atoms with Crippen molar-refractivity contribution in [2.75, 3.05) is 65.5 Å². The number of aromatic nitrogens is 1. The Balaban J connectivity index is 1.31. The Labute approximate surface area is 168 Å². The Hall–Kier alpha value is -1.48. The van der Waals surface area contributed by atoms with Crippen molar-refractivity contribution in [2.45, 2.75) is 33.4 Å². The van der Waals surface area contributed by atoms with Gasteiger partial charge in [-0.15, -0.1) is 0 Å². The molecule has 0 radical (unpaired) electrons. The number of hydrogen-bond acceptors (Lipinski definition) is 7. The molecule has 1 aromatic rings. The topological polar surface area (TPSA) is 74.1 Å². The molecule has 0 aromatic carbocycles. The molecule has 28 heavy (non-hydrogen) atoms. The van der Waals surface area contributed by atoms with Crippen LogP contribution in [-0.4, -0.2) is 97.4 Å². The first-order valence-corrected chi connectivity index (χ1v) is 10.5. The molecule has 2 saturated heterocycles. The quantitative estimate of drug-likeness (QED) is 0.692. The van der Waals surface area contributed by atoms with E-state index in [0.717, 1.165) is 70.4 Å². The second-order valence-corrected chi connectivity index (χ2v) is 8.43. The number of carbonyl (C=O) groups excluding carboxylic acids is 1. The molecule has 158 valence electrons. The third kappa shape index (κ3) is 6.84. The van der Waals surface area contributed by atoms with E-state index < -0.39 is 0 Å². The molecular weight excluding hydrogens is 358 g/mol. The zero-order valence-corrected chi connectivity index (χ0v) is 17.5. The van der Waals surface area contributed by atoms with E-state index >= 15 is 0 Å². The predicted octanol–water partition coefficient (Wildman–Crippen LogP) is 0.574. The lowest BCUT2D eigenvalue weighted by atomic mass is 10.2. The third-order valence-corrected chi connectivity index (χ3v) is 5.27. The summed E-state index contributed by atoms with van der Waals surface area (Å²) < 4.78 is 10.9. The summed E-state index contributed by atoms with van der Waals surface area (Å²) in [5, 5.41) is 7.12. The highest BCUT2D eigenvalue weighted by molar-refractivity contribution is 5.78. The average Bonchev–Trinajstić information content (AvgIpc) is 3.06. The number of rotatable bonds is 8. The summed E-state index contributed by atoms with van der Waals surface area (Å²) in [5.41, 5.74) is 0.975. The van der Waals surface area contributed by atoms with Crippen molar-refractivity contribution in [2.24, 2.45) is 5.92 Å². The third-order valence-electron chi connectivity index (χ3n) is 5.27. The van der Waals surface area contributed by atoms with Crippen molar-refractivity contribution in [1.82, 2.24) is 25.2 Å². The molecular formula is C20H35N5O3. The molecule has 0 bridgehead atoms. The maximum Gasteiger partial charge on any atom is 0.234 e. The first-order chi connectivity index (χ1) is 13.5. The highest BCUT2D eigenvalue weighted by Gasteiger charge is 2.23. The first kappa shape index (κ1) is 21.2. The lowest BCUT2D eigenvalue weighted by molar-refractivity contribution is -0.124. The molecule has 1 atom stereocenters. The second kappa shape index (κ2) is 10.3. The summed E-state index contributed by atoms with van der Waals surface area (Å²) in [6.07, 6.45) is 0.0965. The van der Waals surface area contributed by atoms with Crippen molar-refractivity contribution in [3.63, 3.8) is 0 Å². The van der Waals surface area contributed by atoms with Gasteiger partial charge in [-0.05, 0) is 12.8 Å². The molecule has 3 rings (SSSR count). The van der Waals surface area contributed by atoms with Gasteiger partial charge in [0.1, 0.15) is 5.76 Å². The van der Waals surface area contributed by atoms with E-state index in [1.165, 1.54) is 0 Å². The molecule has 0 saturated carbocycles. The molecule has 1 aromatic heterocycles. The van der Waals surface area contributed by atoms with Gasteiger partial charge in [0.25, 0.3) is 0 Å². The van der Waals surface area contributed by atoms with Crippen molar-refractivity contribution in [1.29, 1.82) is 0 Å². The van der Waals surface area contributed by atoms with Gasteiger partial charge in [-0.1, -0.05) is 19.0 Å². The lowest BCUT2D eigenvalue weighted by Gasteiger charge is -2.35. The summed E-state index contributed by atoms with van der Waals surface area (Å²) >= 11 is 0. The Bertz CT molecular complexity index is 613. The normalized spacial score (nSPS) is 22.6. The molecule has 2 aliphatic rings.